The van der Waals surface area contributed by atoms with Crippen molar-refractivity contribution in [3.05, 3.63) is 35.4 Å². The highest BCUT2D eigenvalue weighted by atomic mass is 16.3. The Bertz CT molecular complexity index is 534. The van der Waals surface area contributed by atoms with Crippen molar-refractivity contribution in [2.45, 2.75) is 45.1 Å². The Hall–Kier alpha value is -1.74. The van der Waals surface area contributed by atoms with Gasteiger partial charge in [0.1, 0.15) is 5.60 Å². The van der Waals surface area contributed by atoms with E-state index in [2.05, 4.69) is 37.5 Å². The molecule has 0 aliphatic heterocycles. The average molecular weight is 269 g/mol. The standard InChI is InChI=1S/C18H23NO/c1-3-11-18(20,12-4-2)13-10-17-8-5-7-16(15-17)9-6-14-19/h5,7-8,15,20H,3-4,11-12,14,19H2,1-2H3. The van der Waals surface area contributed by atoms with Crippen molar-refractivity contribution >= 4 is 0 Å². The van der Waals surface area contributed by atoms with Crippen molar-refractivity contribution in [2.75, 3.05) is 6.54 Å². The molecule has 0 aliphatic carbocycles. The van der Waals surface area contributed by atoms with Crippen LogP contribution < -0.4 is 5.73 Å². The van der Waals surface area contributed by atoms with Crippen LogP contribution in [0.5, 0.6) is 0 Å². The van der Waals surface area contributed by atoms with Gasteiger partial charge in [0, 0.05) is 11.1 Å². The normalized spacial score (nSPS) is 10.2. The molecule has 2 heteroatoms. The van der Waals surface area contributed by atoms with Crippen molar-refractivity contribution < 1.29 is 5.11 Å². The maximum atomic E-state index is 10.5. The van der Waals surface area contributed by atoms with Gasteiger partial charge in [-0.2, -0.15) is 0 Å². The summed E-state index contributed by atoms with van der Waals surface area (Å²) in [6, 6.07) is 7.70. The topological polar surface area (TPSA) is 46.2 Å². The third kappa shape index (κ3) is 5.49. The molecule has 0 amide bonds. The van der Waals surface area contributed by atoms with Gasteiger partial charge in [0.15, 0.2) is 0 Å². The molecule has 3 N–H and O–H groups in total. The first-order valence-electron chi connectivity index (χ1n) is 7.18. The Morgan fingerprint density at radius 2 is 1.70 bits per heavy atom. The lowest BCUT2D eigenvalue weighted by atomic mass is 9.93. The Morgan fingerprint density at radius 1 is 1.10 bits per heavy atom. The van der Waals surface area contributed by atoms with Gasteiger partial charge in [0.05, 0.1) is 6.54 Å². The van der Waals surface area contributed by atoms with Gasteiger partial charge >= 0.3 is 0 Å². The molecule has 1 aromatic rings. The predicted octanol–water partition coefficient (Wildman–Crippen LogP) is 2.68. The molecule has 20 heavy (non-hydrogen) atoms. The highest BCUT2D eigenvalue weighted by Crippen LogP contribution is 2.18. The van der Waals surface area contributed by atoms with E-state index in [1.54, 1.807) is 0 Å². The summed E-state index contributed by atoms with van der Waals surface area (Å²) >= 11 is 0. The Labute approximate surface area is 122 Å². The zero-order chi connectivity index (χ0) is 14.8. The Morgan fingerprint density at radius 3 is 2.25 bits per heavy atom. The van der Waals surface area contributed by atoms with Gasteiger partial charge in [-0.15, -0.1) is 0 Å². The lowest BCUT2D eigenvalue weighted by Gasteiger charge is -2.20. The zero-order valence-electron chi connectivity index (χ0n) is 12.4. The van der Waals surface area contributed by atoms with Crippen LogP contribution in [0, 0.1) is 23.7 Å². The van der Waals surface area contributed by atoms with Crippen LogP contribution >= 0.6 is 0 Å². The number of benzene rings is 1. The molecule has 0 saturated carbocycles. The van der Waals surface area contributed by atoms with Crippen LogP contribution in [0.4, 0.5) is 0 Å². The summed E-state index contributed by atoms with van der Waals surface area (Å²) in [6.07, 6.45) is 3.27. The monoisotopic (exact) mass is 269 g/mol. The molecule has 0 atom stereocenters. The van der Waals surface area contributed by atoms with Gasteiger partial charge in [-0.25, -0.2) is 0 Å². The van der Waals surface area contributed by atoms with E-state index < -0.39 is 5.60 Å². The second-order valence-electron chi connectivity index (χ2n) is 4.87. The number of rotatable bonds is 4. The molecule has 2 nitrogen and oxygen atoms in total. The fourth-order valence-corrected chi connectivity index (χ4v) is 2.09. The number of hydrogen-bond acceptors (Lipinski definition) is 2. The molecule has 0 fully saturated rings. The molecule has 0 radical (unpaired) electrons. The molecule has 0 aliphatic rings. The van der Waals surface area contributed by atoms with E-state index in [1.165, 1.54) is 0 Å². The molecular weight excluding hydrogens is 246 g/mol. The molecular formula is C18H23NO. The zero-order valence-corrected chi connectivity index (χ0v) is 12.4. The first kappa shape index (κ1) is 16.3. The minimum Gasteiger partial charge on any atom is -0.378 e. The molecule has 1 aromatic carbocycles. The first-order chi connectivity index (χ1) is 9.63. The number of aliphatic hydroxyl groups is 1. The highest BCUT2D eigenvalue weighted by Gasteiger charge is 2.21. The largest absolute Gasteiger partial charge is 0.378 e. The maximum absolute atomic E-state index is 10.5. The van der Waals surface area contributed by atoms with Gasteiger partial charge in [-0.05, 0) is 31.0 Å². The van der Waals surface area contributed by atoms with Crippen molar-refractivity contribution in [3.8, 4) is 23.7 Å². The lowest BCUT2D eigenvalue weighted by Crippen LogP contribution is -2.25. The molecule has 0 heterocycles. The van der Waals surface area contributed by atoms with Crippen LogP contribution in [-0.4, -0.2) is 17.3 Å². The summed E-state index contributed by atoms with van der Waals surface area (Å²) in [6.45, 7) is 4.47. The van der Waals surface area contributed by atoms with Gasteiger partial charge < -0.3 is 10.8 Å². The predicted molar refractivity (Wildman–Crippen MR) is 84.0 cm³/mol. The van der Waals surface area contributed by atoms with E-state index in [9.17, 15) is 5.11 Å². The van der Waals surface area contributed by atoms with E-state index in [0.717, 1.165) is 24.0 Å². The van der Waals surface area contributed by atoms with Crippen molar-refractivity contribution in [1.29, 1.82) is 0 Å². The molecule has 0 unspecified atom stereocenters. The van der Waals surface area contributed by atoms with Crippen LogP contribution in [-0.2, 0) is 0 Å². The van der Waals surface area contributed by atoms with Gasteiger partial charge in [-0.1, -0.05) is 56.4 Å². The second-order valence-corrected chi connectivity index (χ2v) is 4.87. The van der Waals surface area contributed by atoms with Crippen molar-refractivity contribution in [1.82, 2.24) is 0 Å². The van der Waals surface area contributed by atoms with E-state index in [-0.39, 0.29) is 0 Å². The van der Waals surface area contributed by atoms with Crippen LogP contribution in [0.3, 0.4) is 0 Å². The fraction of sp³-hybridized carbons (Fsp3) is 0.444. The fourth-order valence-electron chi connectivity index (χ4n) is 2.09. The second kappa shape index (κ2) is 8.43. The lowest BCUT2D eigenvalue weighted by molar-refractivity contribution is 0.0807. The van der Waals surface area contributed by atoms with Gasteiger partial charge in [0.2, 0.25) is 0 Å². The van der Waals surface area contributed by atoms with E-state index >= 15 is 0 Å². The van der Waals surface area contributed by atoms with Crippen molar-refractivity contribution in [3.63, 3.8) is 0 Å². The minimum absolute atomic E-state index is 0.350. The van der Waals surface area contributed by atoms with E-state index in [0.29, 0.717) is 19.4 Å². The molecule has 0 saturated heterocycles. The smallest absolute Gasteiger partial charge is 0.125 e. The van der Waals surface area contributed by atoms with Crippen LogP contribution in [0.1, 0.15) is 50.7 Å². The maximum Gasteiger partial charge on any atom is 0.125 e. The first-order valence-corrected chi connectivity index (χ1v) is 7.18. The summed E-state index contributed by atoms with van der Waals surface area (Å²) in [5.41, 5.74) is 6.26. The summed E-state index contributed by atoms with van der Waals surface area (Å²) < 4.78 is 0. The third-order valence-corrected chi connectivity index (χ3v) is 2.96. The minimum atomic E-state index is -0.873. The van der Waals surface area contributed by atoms with Crippen molar-refractivity contribution in [2.24, 2.45) is 5.73 Å². The Kier molecular flexibility index (Phi) is 6.88. The third-order valence-electron chi connectivity index (χ3n) is 2.96. The van der Waals surface area contributed by atoms with E-state index in [4.69, 9.17) is 5.73 Å². The SMILES string of the molecule is CCCC(O)(C#Cc1cccc(C#CCN)c1)CCC. The number of nitrogens with two attached hydrogens (primary N) is 1. The summed E-state index contributed by atoms with van der Waals surface area (Å²) in [4.78, 5) is 0. The average Bonchev–Trinajstić information content (AvgIpc) is 2.44. The van der Waals surface area contributed by atoms with Crippen LogP contribution in [0.25, 0.3) is 0 Å². The van der Waals surface area contributed by atoms with E-state index in [1.807, 2.05) is 24.3 Å². The van der Waals surface area contributed by atoms with Crippen LogP contribution in [0.2, 0.25) is 0 Å². The molecule has 0 aromatic heterocycles. The Balaban J connectivity index is 2.94. The molecule has 1 rings (SSSR count). The summed E-state index contributed by atoms with van der Waals surface area (Å²) in [7, 11) is 0. The summed E-state index contributed by atoms with van der Waals surface area (Å²) in [5.74, 6) is 11.9. The van der Waals surface area contributed by atoms with Gasteiger partial charge in [-0.3, -0.25) is 0 Å². The summed E-state index contributed by atoms with van der Waals surface area (Å²) in [5, 5.41) is 10.5. The van der Waals surface area contributed by atoms with Crippen LogP contribution in [0.15, 0.2) is 24.3 Å². The highest BCUT2D eigenvalue weighted by molar-refractivity contribution is 5.44. The van der Waals surface area contributed by atoms with Gasteiger partial charge in [0.25, 0.3) is 0 Å². The molecule has 106 valence electrons. The quantitative estimate of drug-likeness (QED) is 0.826. The number of hydrogen-bond donors (Lipinski definition) is 2. The molecule has 0 bridgehead atoms. The molecule has 0 spiro atoms.